The molecule has 0 unspecified atom stereocenters. The van der Waals surface area contributed by atoms with Crippen LogP contribution < -0.4 is 24.4 Å². The van der Waals surface area contributed by atoms with E-state index in [-0.39, 0.29) is 24.5 Å². The van der Waals surface area contributed by atoms with Crippen molar-refractivity contribution in [3.05, 3.63) is 42.0 Å². The fourth-order valence-electron chi connectivity index (χ4n) is 4.61. The number of nitrogens with one attached hydrogen (secondary N) is 1. The first kappa shape index (κ1) is 25.3. The number of nitrogens with zero attached hydrogens (tertiary/aromatic N) is 3. The highest BCUT2D eigenvalue weighted by molar-refractivity contribution is 5.90. The van der Waals surface area contributed by atoms with Crippen LogP contribution >= 0.6 is 0 Å². The average molecular weight is 495 g/mol. The van der Waals surface area contributed by atoms with Crippen molar-refractivity contribution in [3.8, 4) is 17.2 Å². The number of para-hydroxylation sites is 1. The van der Waals surface area contributed by atoms with Gasteiger partial charge in [-0.05, 0) is 55.5 Å². The molecule has 1 N–H and O–H groups in total. The first-order valence-corrected chi connectivity index (χ1v) is 12.1. The predicted molar refractivity (Wildman–Crippen MR) is 139 cm³/mol. The summed E-state index contributed by atoms with van der Waals surface area (Å²) in [5.41, 5.74) is 1.68. The van der Waals surface area contributed by atoms with E-state index in [4.69, 9.17) is 28.9 Å². The van der Waals surface area contributed by atoms with Crippen molar-refractivity contribution in [2.75, 3.05) is 45.6 Å². The third-order valence-electron chi connectivity index (χ3n) is 6.51. The number of carbonyl (C=O) groups excluding carboxylic acids is 1. The lowest BCUT2D eigenvalue weighted by atomic mass is 9.86. The van der Waals surface area contributed by atoms with E-state index in [1.807, 2.05) is 43.3 Å². The van der Waals surface area contributed by atoms with Gasteiger partial charge in [0.25, 0.3) is 0 Å². The highest BCUT2D eigenvalue weighted by atomic mass is 16.5. The highest BCUT2D eigenvalue weighted by Crippen LogP contribution is 2.38. The Kier molecular flexibility index (Phi) is 7.97. The molecule has 36 heavy (non-hydrogen) atoms. The second-order valence-corrected chi connectivity index (χ2v) is 9.12. The highest BCUT2D eigenvalue weighted by Gasteiger charge is 2.28. The number of benzene rings is 2. The summed E-state index contributed by atoms with van der Waals surface area (Å²) < 4.78 is 21.8. The Balaban J connectivity index is 1.34. The Morgan fingerprint density at radius 2 is 1.64 bits per heavy atom. The van der Waals surface area contributed by atoms with Crippen LogP contribution in [0.2, 0.25) is 0 Å². The van der Waals surface area contributed by atoms with E-state index < -0.39 is 0 Å². The third-order valence-corrected chi connectivity index (χ3v) is 6.51. The van der Waals surface area contributed by atoms with Gasteiger partial charge < -0.3 is 29.2 Å². The molecular weight excluding hydrogens is 460 g/mol. The van der Waals surface area contributed by atoms with Gasteiger partial charge in [-0.25, -0.2) is 4.98 Å². The number of aromatic nitrogens is 2. The maximum absolute atomic E-state index is 12.8. The molecule has 0 bridgehead atoms. The second-order valence-electron chi connectivity index (χ2n) is 9.12. The number of anilines is 2. The second kappa shape index (κ2) is 11.3. The molecule has 0 aliphatic heterocycles. The van der Waals surface area contributed by atoms with Crippen LogP contribution in [-0.4, -0.2) is 57.4 Å². The van der Waals surface area contributed by atoms with Gasteiger partial charge in [0.15, 0.2) is 11.5 Å². The first-order valence-electron chi connectivity index (χ1n) is 12.1. The average Bonchev–Trinajstić information content (AvgIpc) is 2.90. The van der Waals surface area contributed by atoms with E-state index in [1.54, 1.807) is 33.5 Å². The number of methoxy groups -OCH3 is 3. The maximum Gasteiger partial charge on any atom is 0.309 e. The summed E-state index contributed by atoms with van der Waals surface area (Å²) >= 11 is 0. The first-order chi connectivity index (χ1) is 17.4. The quantitative estimate of drug-likeness (QED) is 0.433. The van der Waals surface area contributed by atoms with E-state index >= 15 is 0 Å². The minimum Gasteiger partial charge on any atom is -0.493 e. The number of esters is 1. The van der Waals surface area contributed by atoms with E-state index in [2.05, 4.69) is 5.32 Å². The minimum atomic E-state index is -0.181. The molecule has 2 aromatic carbocycles. The van der Waals surface area contributed by atoms with Crippen LogP contribution in [0.3, 0.4) is 0 Å². The number of rotatable bonds is 9. The fourth-order valence-corrected chi connectivity index (χ4v) is 4.61. The Hall–Kier alpha value is -3.75. The van der Waals surface area contributed by atoms with Crippen LogP contribution in [0.1, 0.15) is 31.2 Å². The van der Waals surface area contributed by atoms with Crippen LogP contribution in [0.4, 0.5) is 11.8 Å². The van der Waals surface area contributed by atoms with Gasteiger partial charge in [0.1, 0.15) is 12.4 Å². The topological polar surface area (TPSA) is 95.0 Å². The monoisotopic (exact) mass is 494 g/mol. The number of hydrogen-bond acceptors (Lipinski definition) is 9. The van der Waals surface area contributed by atoms with Gasteiger partial charge in [-0.1, -0.05) is 12.1 Å². The summed E-state index contributed by atoms with van der Waals surface area (Å²) in [4.78, 5) is 24.2. The Morgan fingerprint density at radius 1 is 0.972 bits per heavy atom. The molecule has 192 valence electrons. The number of fused-ring (bicyclic) bond motifs is 1. The van der Waals surface area contributed by atoms with Crippen molar-refractivity contribution in [3.63, 3.8) is 0 Å². The molecule has 0 spiro atoms. The molecule has 1 heterocycles. The molecule has 3 aromatic rings. The minimum absolute atomic E-state index is 0.125. The summed E-state index contributed by atoms with van der Waals surface area (Å²) in [6.45, 7) is 0.145. The molecule has 4 rings (SSSR count). The van der Waals surface area contributed by atoms with E-state index in [0.717, 1.165) is 48.0 Å². The molecule has 0 saturated heterocycles. The Labute approximate surface area is 211 Å². The lowest BCUT2D eigenvalue weighted by Gasteiger charge is -2.28. The van der Waals surface area contributed by atoms with Gasteiger partial charge in [0.05, 0.1) is 32.8 Å². The van der Waals surface area contributed by atoms with Crippen molar-refractivity contribution in [2.24, 2.45) is 5.92 Å². The largest absolute Gasteiger partial charge is 0.493 e. The zero-order valence-corrected chi connectivity index (χ0v) is 21.5. The van der Waals surface area contributed by atoms with E-state index in [9.17, 15) is 4.79 Å². The Bertz CT molecular complexity index is 1180. The molecular formula is C27H34N4O5. The van der Waals surface area contributed by atoms with Crippen LogP contribution in [-0.2, 0) is 16.1 Å². The van der Waals surface area contributed by atoms with Gasteiger partial charge in [-0.3, -0.25) is 4.79 Å². The van der Waals surface area contributed by atoms with Gasteiger partial charge >= 0.3 is 5.97 Å². The molecule has 0 amide bonds. The van der Waals surface area contributed by atoms with E-state index in [0.29, 0.717) is 23.2 Å². The zero-order valence-electron chi connectivity index (χ0n) is 21.5. The number of carbonyl (C=O) groups is 1. The number of ether oxygens (including phenoxy) is 4. The summed E-state index contributed by atoms with van der Waals surface area (Å²) in [6, 6.07) is 11.8. The third kappa shape index (κ3) is 5.56. The summed E-state index contributed by atoms with van der Waals surface area (Å²) in [6.07, 6.45) is 3.19. The smallest absolute Gasteiger partial charge is 0.309 e. The SMILES string of the molecule is COc1cc(COC(=O)[C@H]2CC[C@@H](Nc3nc(N(C)C)c4ccccc4n3)CC2)cc(OC)c1OC. The van der Waals surface area contributed by atoms with Gasteiger partial charge in [0, 0.05) is 25.5 Å². The zero-order chi connectivity index (χ0) is 25.7. The molecule has 9 heteroatoms. The molecule has 1 aromatic heterocycles. The van der Waals surface area contributed by atoms with Crippen LogP contribution in [0.25, 0.3) is 10.9 Å². The molecule has 0 atom stereocenters. The standard InChI is InChI=1S/C27H34N4O5/c1-31(2)25-20-8-6-7-9-21(20)29-27(30-25)28-19-12-10-18(11-13-19)26(32)36-16-17-14-22(33-3)24(35-5)23(15-17)34-4/h6-9,14-15,18-19H,10-13,16H2,1-5H3,(H,28,29,30)/t18-,19+. The van der Waals surface area contributed by atoms with Gasteiger partial charge in [-0.2, -0.15) is 4.98 Å². The summed E-state index contributed by atoms with van der Waals surface area (Å²) in [5, 5.41) is 4.50. The van der Waals surface area contributed by atoms with Crippen LogP contribution in [0, 0.1) is 5.92 Å². The van der Waals surface area contributed by atoms with Crippen molar-refractivity contribution in [1.29, 1.82) is 0 Å². The molecule has 1 aliphatic rings. The fraction of sp³-hybridized carbons (Fsp3) is 0.444. The lowest BCUT2D eigenvalue weighted by Crippen LogP contribution is -2.31. The van der Waals surface area contributed by atoms with Crippen molar-refractivity contribution in [1.82, 2.24) is 9.97 Å². The van der Waals surface area contributed by atoms with Crippen molar-refractivity contribution in [2.45, 2.75) is 38.3 Å². The molecule has 1 fully saturated rings. The molecule has 0 radical (unpaired) electrons. The van der Waals surface area contributed by atoms with Gasteiger partial charge in [0.2, 0.25) is 11.7 Å². The van der Waals surface area contributed by atoms with Crippen molar-refractivity contribution < 1.29 is 23.7 Å². The molecule has 1 aliphatic carbocycles. The summed E-state index contributed by atoms with van der Waals surface area (Å²) in [5.74, 6) is 2.76. The molecule has 9 nitrogen and oxygen atoms in total. The predicted octanol–water partition coefficient (Wildman–Crippen LogP) is 4.44. The normalized spacial score (nSPS) is 17.4. The van der Waals surface area contributed by atoms with Crippen molar-refractivity contribution >= 4 is 28.6 Å². The Morgan fingerprint density at radius 3 is 2.25 bits per heavy atom. The summed E-state index contributed by atoms with van der Waals surface area (Å²) in [7, 11) is 8.63. The molecule has 1 saturated carbocycles. The van der Waals surface area contributed by atoms with E-state index in [1.165, 1.54) is 0 Å². The number of hydrogen-bond donors (Lipinski definition) is 1. The maximum atomic E-state index is 12.8. The van der Waals surface area contributed by atoms with Gasteiger partial charge in [-0.15, -0.1) is 0 Å². The van der Waals surface area contributed by atoms with Crippen LogP contribution in [0.15, 0.2) is 36.4 Å². The lowest BCUT2D eigenvalue weighted by molar-refractivity contribution is -0.151. The van der Waals surface area contributed by atoms with Crippen LogP contribution in [0.5, 0.6) is 17.2 Å².